The van der Waals surface area contributed by atoms with Crippen molar-refractivity contribution in [2.75, 3.05) is 11.9 Å². The van der Waals surface area contributed by atoms with Gasteiger partial charge in [-0.3, -0.25) is 10.1 Å². The SMILES string of the molecule is O=C(COc1ccc2c(-c3ccccc3)cc(=O)oc2c1)Nc1ncn[nH]1. The summed E-state index contributed by atoms with van der Waals surface area (Å²) in [6, 6.07) is 16.1. The molecular formula is C19H14N4O4. The molecule has 0 spiro atoms. The van der Waals surface area contributed by atoms with Crippen LogP contribution in [0.4, 0.5) is 5.95 Å². The molecular weight excluding hydrogens is 348 g/mol. The fourth-order valence-electron chi connectivity index (χ4n) is 2.67. The first-order valence-corrected chi connectivity index (χ1v) is 8.10. The number of rotatable bonds is 5. The quantitative estimate of drug-likeness (QED) is 0.528. The number of nitrogens with zero attached hydrogens (tertiary/aromatic N) is 2. The topological polar surface area (TPSA) is 110 Å². The second-order valence-electron chi connectivity index (χ2n) is 5.67. The summed E-state index contributed by atoms with van der Waals surface area (Å²) in [6.45, 7) is -0.227. The van der Waals surface area contributed by atoms with Crippen LogP contribution in [0.2, 0.25) is 0 Å². The Labute approximate surface area is 152 Å². The Hall–Kier alpha value is -3.94. The number of carbonyl (C=O) groups is 1. The van der Waals surface area contributed by atoms with Crippen LogP contribution in [0.1, 0.15) is 0 Å². The largest absolute Gasteiger partial charge is 0.484 e. The highest BCUT2D eigenvalue weighted by molar-refractivity contribution is 5.94. The summed E-state index contributed by atoms with van der Waals surface area (Å²) in [5, 5.41) is 9.44. The molecule has 0 aliphatic rings. The average Bonchev–Trinajstić information content (AvgIpc) is 3.19. The van der Waals surface area contributed by atoms with E-state index in [4.69, 9.17) is 9.15 Å². The number of benzene rings is 2. The lowest BCUT2D eigenvalue weighted by atomic mass is 10.0. The zero-order valence-electron chi connectivity index (χ0n) is 14.0. The standard InChI is InChI=1S/C19H14N4O4/c24-17(22-19-20-11-21-23-19)10-26-13-6-7-14-15(12-4-2-1-3-5-12)9-18(25)27-16(14)8-13/h1-9,11H,10H2,(H2,20,21,22,23,24). The van der Waals surface area contributed by atoms with Gasteiger partial charge in [-0.15, -0.1) is 0 Å². The van der Waals surface area contributed by atoms with Crippen LogP contribution in [-0.4, -0.2) is 27.7 Å². The van der Waals surface area contributed by atoms with Crippen molar-refractivity contribution in [2.24, 2.45) is 0 Å². The highest BCUT2D eigenvalue weighted by Gasteiger charge is 2.10. The summed E-state index contributed by atoms with van der Waals surface area (Å²) in [6.07, 6.45) is 1.28. The Morgan fingerprint density at radius 1 is 1.15 bits per heavy atom. The van der Waals surface area contributed by atoms with Gasteiger partial charge in [-0.2, -0.15) is 10.1 Å². The third-order valence-corrected chi connectivity index (χ3v) is 3.84. The van der Waals surface area contributed by atoms with E-state index in [1.807, 2.05) is 30.3 Å². The van der Waals surface area contributed by atoms with E-state index >= 15 is 0 Å². The summed E-state index contributed by atoms with van der Waals surface area (Å²) in [5.74, 6) is 0.246. The van der Waals surface area contributed by atoms with Crippen LogP contribution in [0.5, 0.6) is 5.75 Å². The van der Waals surface area contributed by atoms with Crippen LogP contribution in [0, 0.1) is 0 Å². The van der Waals surface area contributed by atoms with Crippen molar-refractivity contribution in [2.45, 2.75) is 0 Å². The van der Waals surface area contributed by atoms with Crippen LogP contribution < -0.4 is 15.7 Å². The van der Waals surface area contributed by atoms with E-state index in [1.165, 1.54) is 12.4 Å². The van der Waals surface area contributed by atoms with Crippen molar-refractivity contribution in [1.29, 1.82) is 0 Å². The Balaban J connectivity index is 1.57. The van der Waals surface area contributed by atoms with Crippen molar-refractivity contribution in [3.8, 4) is 16.9 Å². The van der Waals surface area contributed by atoms with Gasteiger partial charge in [0.15, 0.2) is 6.61 Å². The monoisotopic (exact) mass is 362 g/mol. The molecule has 0 saturated heterocycles. The van der Waals surface area contributed by atoms with E-state index < -0.39 is 11.5 Å². The second-order valence-corrected chi connectivity index (χ2v) is 5.67. The van der Waals surface area contributed by atoms with Crippen molar-refractivity contribution >= 4 is 22.8 Å². The molecule has 0 atom stereocenters. The number of fused-ring (bicyclic) bond motifs is 1. The van der Waals surface area contributed by atoms with Gasteiger partial charge in [0.25, 0.3) is 5.91 Å². The van der Waals surface area contributed by atoms with E-state index in [9.17, 15) is 9.59 Å². The van der Waals surface area contributed by atoms with Gasteiger partial charge in [0.05, 0.1) is 0 Å². The molecule has 0 saturated carbocycles. The molecule has 4 aromatic rings. The number of hydrogen-bond acceptors (Lipinski definition) is 6. The maximum absolute atomic E-state index is 11.9. The smallest absolute Gasteiger partial charge is 0.336 e. The van der Waals surface area contributed by atoms with Gasteiger partial charge in [0, 0.05) is 17.5 Å². The third-order valence-electron chi connectivity index (χ3n) is 3.84. The first-order chi connectivity index (χ1) is 13.2. The number of hydrogen-bond donors (Lipinski definition) is 2. The van der Waals surface area contributed by atoms with E-state index in [1.54, 1.807) is 18.2 Å². The lowest BCUT2D eigenvalue weighted by Crippen LogP contribution is -2.20. The van der Waals surface area contributed by atoms with Crippen LogP contribution in [0.15, 0.2) is 70.1 Å². The maximum Gasteiger partial charge on any atom is 0.336 e. The highest BCUT2D eigenvalue weighted by atomic mass is 16.5. The van der Waals surface area contributed by atoms with Crippen molar-refractivity contribution in [3.05, 3.63) is 71.3 Å². The molecule has 2 N–H and O–H groups in total. The lowest BCUT2D eigenvalue weighted by Gasteiger charge is -2.09. The summed E-state index contributed by atoms with van der Waals surface area (Å²) >= 11 is 0. The molecule has 0 aliphatic heterocycles. The minimum absolute atomic E-state index is 0.227. The number of aromatic nitrogens is 3. The minimum Gasteiger partial charge on any atom is -0.484 e. The molecule has 0 aliphatic carbocycles. The molecule has 2 aromatic carbocycles. The predicted molar refractivity (Wildman–Crippen MR) is 98.4 cm³/mol. The molecule has 4 rings (SSSR count). The normalized spacial score (nSPS) is 10.7. The van der Waals surface area contributed by atoms with Crippen LogP contribution in [-0.2, 0) is 4.79 Å². The van der Waals surface area contributed by atoms with Gasteiger partial charge < -0.3 is 9.15 Å². The number of anilines is 1. The maximum atomic E-state index is 11.9. The second kappa shape index (κ2) is 7.12. The number of nitrogens with one attached hydrogen (secondary N) is 2. The van der Waals surface area contributed by atoms with Crippen molar-refractivity contribution in [1.82, 2.24) is 15.2 Å². The Morgan fingerprint density at radius 3 is 2.78 bits per heavy atom. The van der Waals surface area contributed by atoms with Crippen LogP contribution in [0.25, 0.3) is 22.1 Å². The fourth-order valence-corrected chi connectivity index (χ4v) is 2.67. The molecule has 134 valence electrons. The zero-order chi connectivity index (χ0) is 18.6. The van der Waals surface area contributed by atoms with Crippen molar-refractivity contribution < 1.29 is 13.9 Å². The van der Waals surface area contributed by atoms with Crippen molar-refractivity contribution in [3.63, 3.8) is 0 Å². The van der Waals surface area contributed by atoms with E-state index in [2.05, 4.69) is 20.5 Å². The molecule has 0 radical (unpaired) electrons. The van der Waals surface area contributed by atoms with Gasteiger partial charge in [-0.25, -0.2) is 9.89 Å². The van der Waals surface area contributed by atoms with Crippen LogP contribution in [0.3, 0.4) is 0 Å². The molecule has 0 fully saturated rings. The number of ether oxygens (including phenoxy) is 1. The van der Waals surface area contributed by atoms with Gasteiger partial charge >= 0.3 is 5.63 Å². The molecule has 0 unspecified atom stereocenters. The number of carbonyl (C=O) groups excluding carboxylic acids is 1. The molecule has 0 bridgehead atoms. The fraction of sp³-hybridized carbons (Fsp3) is 0.0526. The Morgan fingerprint density at radius 2 is 2.00 bits per heavy atom. The Kier molecular flexibility index (Phi) is 4.36. The summed E-state index contributed by atoms with van der Waals surface area (Å²) in [7, 11) is 0. The Bertz CT molecular complexity index is 1140. The van der Waals surface area contributed by atoms with Gasteiger partial charge in [0.1, 0.15) is 17.7 Å². The summed E-state index contributed by atoms with van der Waals surface area (Å²) in [4.78, 5) is 27.6. The predicted octanol–water partition coefficient (Wildman–Crippen LogP) is 2.60. The highest BCUT2D eigenvalue weighted by Crippen LogP contribution is 2.29. The summed E-state index contributed by atoms with van der Waals surface area (Å²) in [5.41, 5.74) is 1.61. The van der Waals surface area contributed by atoms with Crippen LogP contribution >= 0.6 is 0 Å². The van der Waals surface area contributed by atoms with E-state index in [-0.39, 0.29) is 12.6 Å². The number of aromatic amines is 1. The molecule has 2 aromatic heterocycles. The first kappa shape index (κ1) is 16.5. The summed E-state index contributed by atoms with van der Waals surface area (Å²) < 4.78 is 10.8. The third kappa shape index (κ3) is 3.69. The minimum atomic E-state index is -0.457. The van der Waals surface area contributed by atoms with Gasteiger partial charge in [-0.1, -0.05) is 30.3 Å². The average molecular weight is 362 g/mol. The first-order valence-electron chi connectivity index (χ1n) is 8.10. The lowest BCUT2D eigenvalue weighted by molar-refractivity contribution is -0.118. The number of H-pyrrole nitrogens is 1. The van der Waals surface area contributed by atoms with Gasteiger partial charge in [-0.05, 0) is 23.3 Å². The van der Waals surface area contributed by atoms with E-state index in [0.29, 0.717) is 11.3 Å². The molecule has 1 amide bonds. The van der Waals surface area contributed by atoms with E-state index in [0.717, 1.165) is 16.5 Å². The number of amides is 1. The molecule has 8 nitrogen and oxygen atoms in total. The van der Waals surface area contributed by atoms with Gasteiger partial charge in [0.2, 0.25) is 5.95 Å². The molecule has 8 heteroatoms. The molecule has 2 heterocycles. The zero-order valence-corrected chi connectivity index (χ0v) is 14.0. The molecule has 27 heavy (non-hydrogen) atoms.